The van der Waals surface area contributed by atoms with Crippen molar-refractivity contribution in [2.24, 2.45) is 11.8 Å². The average Bonchev–Trinajstić information content (AvgIpc) is 3.78. The molecule has 288 valence electrons. The fraction of sp³-hybridized carbons (Fsp3) is 0.143. The number of benzene rings is 3. The topological polar surface area (TPSA) is 8.17 Å². The van der Waals surface area contributed by atoms with E-state index in [1.165, 1.54) is 39.2 Å². The average molecular weight is 755 g/mol. The molecule has 0 fully saturated rings. The number of hydrogen-bond donors (Lipinski definition) is 0. The molecule has 1 heterocycles. The zero-order valence-electron chi connectivity index (χ0n) is 33.5. The Labute approximate surface area is 346 Å². The highest BCUT2D eigenvalue weighted by molar-refractivity contribution is 5.91. The van der Waals surface area contributed by atoms with Gasteiger partial charge in [0.2, 0.25) is 0 Å². The molecule has 2 unspecified atom stereocenters. The standard InChI is InChI=1S/C56H54N2/c1-4-7-8-12-21-44(6-3)22-19-23-45-30-34-51(35-31-45)58(52-36-32-47(33-37-52)46-24-13-9-14-25-46)53-38-39-55(56(42-53)48-26-15-10-16-27-48)54(20-5-2)49-40-41-57(43-49)50-28-17-11-18-29-50/h4-13,15-21,23-24,26-30,32,34-36,38-45H,1-3,14,22,25,31,33,37H2/b8-7-,21-12+,23-19+,54-20+. The largest absolute Gasteiger partial charge is 0.323 e. The molecular formula is C56H54N2. The van der Waals surface area contributed by atoms with Crippen LogP contribution in [0.5, 0.6) is 0 Å². The number of rotatable bonds is 16. The third-order valence-electron chi connectivity index (χ3n) is 11.0. The van der Waals surface area contributed by atoms with Gasteiger partial charge in [0.1, 0.15) is 0 Å². The highest BCUT2D eigenvalue weighted by atomic mass is 15.2. The number of allylic oxidation sites excluding steroid dienone is 21. The normalized spacial score (nSPS) is 17.5. The Hall–Kier alpha value is -6.64. The molecule has 0 amide bonds. The van der Waals surface area contributed by atoms with E-state index in [2.05, 4.69) is 206 Å². The van der Waals surface area contributed by atoms with Gasteiger partial charge < -0.3 is 9.47 Å². The lowest BCUT2D eigenvalue weighted by molar-refractivity contribution is 0.777. The van der Waals surface area contributed by atoms with E-state index in [1.54, 1.807) is 6.08 Å². The van der Waals surface area contributed by atoms with Crippen molar-refractivity contribution in [2.45, 2.75) is 38.5 Å². The fourth-order valence-corrected chi connectivity index (χ4v) is 7.92. The van der Waals surface area contributed by atoms with E-state index >= 15 is 0 Å². The maximum absolute atomic E-state index is 4.14. The van der Waals surface area contributed by atoms with Crippen molar-refractivity contribution >= 4 is 11.3 Å². The van der Waals surface area contributed by atoms with Crippen molar-refractivity contribution in [3.63, 3.8) is 0 Å². The van der Waals surface area contributed by atoms with E-state index in [9.17, 15) is 0 Å². The van der Waals surface area contributed by atoms with Crippen LogP contribution in [0.15, 0.2) is 249 Å². The Morgan fingerprint density at radius 3 is 2.36 bits per heavy atom. The van der Waals surface area contributed by atoms with Crippen LogP contribution >= 0.6 is 0 Å². The summed E-state index contributed by atoms with van der Waals surface area (Å²) in [6.45, 7) is 11.9. The van der Waals surface area contributed by atoms with Crippen LogP contribution < -0.4 is 4.90 Å². The molecule has 3 aromatic carbocycles. The van der Waals surface area contributed by atoms with Gasteiger partial charge in [0.05, 0.1) is 0 Å². The second kappa shape index (κ2) is 20.0. The van der Waals surface area contributed by atoms with Crippen LogP contribution in [0, 0.1) is 11.8 Å². The molecule has 58 heavy (non-hydrogen) atoms. The SMILES string of the molecule is C=C/C=C\C=C\C(C=C)C/C=C/C1C=CC(N(C2=CC=C(C3=CC=CCC3)CC2)c2ccc(/C(=C/C=C)c3ccn(-c4ccccc4)c3)c(-c3ccccc3)c2)=CC1. The Bertz CT molecular complexity index is 2390. The Morgan fingerprint density at radius 1 is 0.828 bits per heavy atom. The molecule has 0 bridgehead atoms. The molecule has 0 saturated heterocycles. The monoisotopic (exact) mass is 754 g/mol. The molecule has 3 aliphatic carbocycles. The molecule has 0 radical (unpaired) electrons. The molecule has 2 nitrogen and oxygen atoms in total. The number of anilines is 1. The van der Waals surface area contributed by atoms with Gasteiger partial charge in [-0.3, -0.25) is 0 Å². The van der Waals surface area contributed by atoms with Gasteiger partial charge in [0.25, 0.3) is 0 Å². The van der Waals surface area contributed by atoms with Crippen molar-refractivity contribution in [2.75, 3.05) is 4.90 Å². The molecule has 0 saturated carbocycles. The summed E-state index contributed by atoms with van der Waals surface area (Å²) in [5.74, 6) is 0.639. The summed E-state index contributed by atoms with van der Waals surface area (Å²) >= 11 is 0. The van der Waals surface area contributed by atoms with Crippen molar-refractivity contribution in [3.8, 4) is 16.8 Å². The first-order chi connectivity index (χ1) is 28.6. The summed E-state index contributed by atoms with van der Waals surface area (Å²) in [5, 5.41) is 0. The highest BCUT2D eigenvalue weighted by Gasteiger charge is 2.23. The van der Waals surface area contributed by atoms with E-state index in [1.807, 2.05) is 24.3 Å². The maximum Gasteiger partial charge on any atom is 0.0464 e. The molecule has 2 heteroatoms. The number of nitrogens with zero attached hydrogens (tertiary/aromatic N) is 2. The minimum absolute atomic E-state index is 0.295. The van der Waals surface area contributed by atoms with Crippen LogP contribution in [0.4, 0.5) is 5.69 Å². The molecule has 3 aliphatic rings. The summed E-state index contributed by atoms with van der Waals surface area (Å²) in [4.78, 5) is 2.49. The molecule has 0 spiro atoms. The summed E-state index contributed by atoms with van der Waals surface area (Å²) < 4.78 is 2.18. The van der Waals surface area contributed by atoms with Gasteiger partial charge in [-0.25, -0.2) is 0 Å². The summed E-state index contributed by atoms with van der Waals surface area (Å²) in [6, 6.07) is 30.5. The molecule has 2 atom stereocenters. The van der Waals surface area contributed by atoms with E-state index < -0.39 is 0 Å². The lowest BCUT2D eigenvalue weighted by atomic mass is 9.89. The lowest BCUT2D eigenvalue weighted by Crippen LogP contribution is -2.23. The molecular weight excluding hydrogens is 701 g/mol. The first kappa shape index (κ1) is 39.6. The first-order valence-electron chi connectivity index (χ1n) is 20.6. The van der Waals surface area contributed by atoms with Gasteiger partial charge >= 0.3 is 0 Å². The summed E-state index contributed by atoms with van der Waals surface area (Å²) in [7, 11) is 0. The van der Waals surface area contributed by atoms with Crippen molar-refractivity contribution in [1.82, 2.24) is 4.57 Å². The smallest absolute Gasteiger partial charge is 0.0464 e. The van der Waals surface area contributed by atoms with Crippen molar-refractivity contribution < 1.29 is 0 Å². The second-order valence-corrected chi connectivity index (χ2v) is 14.9. The number of para-hydroxylation sites is 1. The van der Waals surface area contributed by atoms with Crippen LogP contribution in [-0.2, 0) is 0 Å². The summed E-state index contributed by atoms with van der Waals surface area (Å²) in [6.07, 6.45) is 49.8. The Kier molecular flexibility index (Phi) is 13.6. The Morgan fingerprint density at radius 2 is 1.66 bits per heavy atom. The third-order valence-corrected chi connectivity index (χ3v) is 11.0. The number of hydrogen-bond acceptors (Lipinski definition) is 1. The third kappa shape index (κ3) is 9.83. The predicted molar refractivity (Wildman–Crippen MR) is 251 cm³/mol. The number of aromatic nitrogens is 1. The minimum Gasteiger partial charge on any atom is -0.323 e. The molecule has 7 rings (SSSR count). The van der Waals surface area contributed by atoms with Gasteiger partial charge in [-0.15, -0.1) is 6.58 Å². The quantitative estimate of drug-likeness (QED) is 0.0817. The van der Waals surface area contributed by atoms with Crippen LogP contribution in [0.3, 0.4) is 0 Å². The van der Waals surface area contributed by atoms with Gasteiger partial charge in [0.15, 0.2) is 0 Å². The molecule has 1 aromatic heterocycles. The zero-order chi connectivity index (χ0) is 39.9. The first-order valence-corrected chi connectivity index (χ1v) is 20.6. The zero-order valence-corrected chi connectivity index (χ0v) is 33.5. The van der Waals surface area contributed by atoms with E-state index in [0.29, 0.717) is 11.8 Å². The van der Waals surface area contributed by atoms with Crippen molar-refractivity contribution in [1.29, 1.82) is 0 Å². The van der Waals surface area contributed by atoms with Crippen LogP contribution in [-0.4, -0.2) is 4.57 Å². The van der Waals surface area contributed by atoms with Crippen LogP contribution in [0.1, 0.15) is 49.7 Å². The molecule has 0 N–H and O–H groups in total. The Balaban J connectivity index is 1.24. The fourth-order valence-electron chi connectivity index (χ4n) is 7.92. The lowest BCUT2D eigenvalue weighted by Gasteiger charge is -2.33. The van der Waals surface area contributed by atoms with Gasteiger partial charge in [-0.1, -0.05) is 165 Å². The molecule has 0 aliphatic heterocycles. The summed E-state index contributed by atoms with van der Waals surface area (Å²) in [5.41, 5.74) is 13.5. The van der Waals surface area contributed by atoms with Gasteiger partial charge in [-0.2, -0.15) is 0 Å². The van der Waals surface area contributed by atoms with E-state index in [4.69, 9.17) is 0 Å². The van der Waals surface area contributed by atoms with Gasteiger partial charge in [0, 0.05) is 40.7 Å². The van der Waals surface area contributed by atoms with Crippen LogP contribution in [0.25, 0.3) is 22.4 Å². The minimum atomic E-state index is 0.295. The van der Waals surface area contributed by atoms with E-state index in [0.717, 1.165) is 61.0 Å². The second-order valence-electron chi connectivity index (χ2n) is 14.9. The molecule has 4 aromatic rings. The predicted octanol–water partition coefficient (Wildman–Crippen LogP) is 15.0. The van der Waals surface area contributed by atoms with Crippen molar-refractivity contribution in [3.05, 3.63) is 260 Å². The maximum atomic E-state index is 4.14. The van der Waals surface area contributed by atoms with Gasteiger partial charge in [-0.05, 0) is 126 Å². The van der Waals surface area contributed by atoms with E-state index in [-0.39, 0.29) is 0 Å². The highest BCUT2D eigenvalue weighted by Crippen LogP contribution is 2.41. The van der Waals surface area contributed by atoms with Crippen LogP contribution in [0.2, 0.25) is 0 Å².